The van der Waals surface area contributed by atoms with Gasteiger partial charge in [0, 0.05) is 18.4 Å². The fourth-order valence-electron chi connectivity index (χ4n) is 3.98. The zero-order chi connectivity index (χ0) is 21.1. The number of nitroso groups, excluding NO2 is 1. The van der Waals surface area contributed by atoms with Gasteiger partial charge >= 0.3 is 0 Å². The Morgan fingerprint density at radius 2 is 1.90 bits per heavy atom. The maximum absolute atomic E-state index is 10.7. The van der Waals surface area contributed by atoms with Crippen LogP contribution < -0.4 is 14.2 Å². The molecule has 1 saturated heterocycles. The van der Waals surface area contributed by atoms with Crippen LogP contribution in [-0.4, -0.2) is 44.2 Å². The van der Waals surface area contributed by atoms with Gasteiger partial charge in [0.2, 0.25) is 0 Å². The molecule has 2 heterocycles. The van der Waals surface area contributed by atoms with Crippen LogP contribution in [0.25, 0.3) is 0 Å². The maximum atomic E-state index is 10.7. The smallest absolute Gasteiger partial charge is 0.180 e. The summed E-state index contributed by atoms with van der Waals surface area (Å²) in [6, 6.07) is 9.73. The Morgan fingerprint density at radius 1 is 1.17 bits per heavy atom. The number of ether oxygens (including phenoxy) is 4. The predicted octanol–water partition coefficient (Wildman–Crippen LogP) is 4.06. The van der Waals surface area contributed by atoms with E-state index in [0.29, 0.717) is 49.0 Å². The van der Waals surface area contributed by atoms with Gasteiger partial charge in [0.15, 0.2) is 11.5 Å². The van der Waals surface area contributed by atoms with Gasteiger partial charge in [0.05, 0.1) is 30.4 Å². The first kappa shape index (κ1) is 20.9. The molecule has 30 heavy (non-hydrogen) atoms. The van der Waals surface area contributed by atoms with Crippen LogP contribution >= 0.6 is 11.6 Å². The van der Waals surface area contributed by atoms with E-state index in [2.05, 4.69) is 5.18 Å². The highest BCUT2D eigenvalue weighted by molar-refractivity contribution is 6.33. The van der Waals surface area contributed by atoms with E-state index in [4.69, 9.17) is 30.5 Å². The molecule has 2 aliphatic heterocycles. The Bertz CT molecular complexity index is 903. The molecule has 0 aliphatic carbocycles. The number of aliphatic hydroxyl groups is 1. The first-order chi connectivity index (χ1) is 14.6. The SMILES string of the molecule is COc1ccc(Cc2cc(C3CC(O)CC(CN=O)O3)c3c(c2Cl)OCCO3)cc1. The van der Waals surface area contributed by atoms with E-state index in [1.807, 2.05) is 30.3 Å². The predicted molar refractivity (Wildman–Crippen MR) is 112 cm³/mol. The standard InChI is InChI=1S/C22H24ClNO6/c1-27-16-4-2-13(3-5-16)8-14-9-18(21-22(20(14)23)29-7-6-28-21)19-11-15(25)10-17(30-19)12-24-26/h2-5,9,15,17,19,25H,6-8,10-12H2,1H3. The lowest BCUT2D eigenvalue weighted by atomic mass is 9.92. The highest BCUT2D eigenvalue weighted by Gasteiger charge is 2.34. The van der Waals surface area contributed by atoms with Crippen molar-refractivity contribution >= 4 is 11.6 Å². The first-order valence-electron chi connectivity index (χ1n) is 9.95. The summed E-state index contributed by atoms with van der Waals surface area (Å²) in [4.78, 5) is 10.7. The summed E-state index contributed by atoms with van der Waals surface area (Å²) < 4.78 is 23.0. The number of hydrogen-bond donors (Lipinski definition) is 1. The minimum absolute atomic E-state index is 0.000592. The van der Waals surface area contributed by atoms with E-state index in [9.17, 15) is 10.0 Å². The van der Waals surface area contributed by atoms with Crippen molar-refractivity contribution < 1.29 is 24.1 Å². The van der Waals surface area contributed by atoms with Gasteiger partial charge in [-0.2, -0.15) is 4.91 Å². The van der Waals surface area contributed by atoms with Crippen molar-refractivity contribution in [1.29, 1.82) is 0 Å². The third-order valence-electron chi connectivity index (χ3n) is 5.41. The van der Waals surface area contributed by atoms with Gasteiger partial charge in [-0.3, -0.25) is 0 Å². The van der Waals surface area contributed by atoms with Crippen LogP contribution in [0.15, 0.2) is 35.5 Å². The molecule has 1 fully saturated rings. The average molecular weight is 434 g/mol. The molecule has 4 rings (SSSR count). The van der Waals surface area contributed by atoms with Crippen molar-refractivity contribution in [2.45, 2.75) is 37.6 Å². The maximum Gasteiger partial charge on any atom is 0.180 e. The van der Waals surface area contributed by atoms with Crippen molar-refractivity contribution in [3.05, 3.63) is 57.0 Å². The summed E-state index contributed by atoms with van der Waals surface area (Å²) in [6.07, 6.45) is -0.0967. The molecule has 0 bridgehead atoms. The second-order valence-corrected chi connectivity index (χ2v) is 7.88. The highest BCUT2D eigenvalue weighted by atomic mass is 35.5. The molecule has 1 N–H and O–H groups in total. The summed E-state index contributed by atoms with van der Waals surface area (Å²) in [5, 5.41) is 13.8. The van der Waals surface area contributed by atoms with Crippen molar-refractivity contribution in [2.75, 3.05) is 26.9 Å². The molecule has 3 atom stereocenters. The lowest BCUT2D eigenvalue weighted by molar-refractivity contribution is -0.0941. The van der Waals surface area contributed by atoms with E-state index in [-0.39, 0.29) is 6.54 Å². The Labute approximate surface area is 179 Å². The molecule has 8 heteroatoms. The molecule has 0 saturated carbocycles. The lowest BCUT2D eigenvalue weighted by Crippen LogP contribution is -2.33. The number of hydrogen-bond acceptors (Lipinski definition) is 7. The summed E-state index contributed by atoms with van der Waals surface area (Å²) in [5.74, 6) is 1.83. The first-order valence-corrected chi connectivity index (χ1v) is 10.3. The molecule has 2 aromatic carbocycles. The van der Waals surface area contributed by atoms with E-state index >= 15 is 0 Å². The summed E-state index contributed by atoms with van der Waals surface area (Å²) >= 11 is 6.68. The van der Waals surface area contributed by atoms with E-state index in [0.717, 1.165) is 22.4 Å². The Balaban J connectivity index is 1.70. The van der Waals surface area contributed by atoms with Crippen molar-refractivity contribution in [1.82, 2.24) is 0 Å². The topological polar surface area (TPSA) is 86.6 Å². The molecule has 2 aromatic rings. The number of aliphatic hydroxyl groups excluding tert-OH is 1. The van der Waals surface area contributed by atoms with E-state index in [1.54, 1.807) is 7.11 Å². The van der Waals surface area contributed by atoms with Crippen molar-refractivity contribution in [2.24, 2.45) is 5.18 Å². The monoisotopic (exact) mass is 433 g/mol. The average Bonchev–Trinajstić information content (AvgIpc) is 2.76. The van der Waals surface area contributed by atoms with Crippen LogP contribution in [0.1, 0.15) is 35.6 Å². The Kier molecular flexibility index (Phi) is 6.41. The van der Waals surface area contributed by atoms with Gasteiger partial charge < -0.3 is 24.1 Å². The molecule has 3 unspecified atom stereocenters. The van der Waals surface area contributed by atoms with Crippen molar-refractivity contribution in [3.8, 4) is 17.2 Å². The number of methoxy groups -OCH3 is 1. The quantitative estimate of drug-likeness (QED) is 0.691. The fraction of sp³-hybridized carbons (Fsp3) is 0.455. The van der Waals surface area contributed by atoms with E-state index in [1.165, 1.54) is 0 Å². The van der Waals surface area contributed by atoms with Crippen LogP contribution in [0.3, 0.4) is 0 Å². The largest absolute Gasteiger partial charge is 0.497 e. The lowest BCUT2D eigenvalue weighted by Gasteiger charge is -2.34. The molecular formula is C22H24ClNO6. The van der Waals surface area contributed by atoms with Crippen LogP contribution in [0.4, 0.5) is 0 Å². The molecule has 7 nitrogen and oxygen atoms in total. The molecule has 160 valence electrons. The van der Waals surface area contributed by atoms with Gasteiger partial charge in [0.25, 0.3) is 0 Å². The minimum Gasteiger partial charge on any atom is -0.497 e. The van der Waals surface area contributed by atoms with Crippen LogP contribution in [0.5, 0.6) is 17.2 Å². The second kappa shape index (κ2) is 9.20. The molecule has 2 aliphatic rings. The molecular weight excluding hydrogens is 410 g/mol. The van der Waals surface area contributed by atoms with Gasteiger partial charge in [-0.15, -0.1) is 0 Å². The number of benzene rings is 2. The number of rotatable bonds is 6. The van der Waals surface area contributed by atoms with Crippen LogP contribution in [-0.2, 0) is 11.2 Å². The zero-order valence-electron chi connectivity index (χ0n) is 16.7. The van der Waals surface area contributed by atoms with Gasteiger partial charge in [-0.25, -0.2) is 0 Å². The second-order valence-electron chi connectivity index (χ2n) is 7.50. The molecule has 0 radical (unpaired) electrons. The molecule has 0 spiro atoms. The van der Waals surface area contributed by atoms with Crippen LogP contribution in [0.2, 0.25) is 5.02 Å². The molecule has 0 aromatic heterocycles. The van der Waals surface area contributed by atoms with Gasteiger partial charge in [-0.05, 0) is 35.7 Å². The van der Waals surface area contributed by atoms with Crippen molar-refractivity contribution in [3.63, 3.8) is 0 Å². The summed E-state index contributed by atoms with van der Waals surface area (Å²) in [6.45, 7) is 0.812. The summed E-state index contributed by atoms with van der Waals surface area (Å²) in [7, 11) is 1.63. The highest BCUT2D eigenvalue weighted by Crippen LogP contribution is 2.48. The van der Waals surface area contributed by atoms with E-state index < -0.39 is 18.3 Å². The number of halogens is 1. The Hall–Kier alpha value is -2.35. The fourth-order valence-corrected chi connectivity index (χ4v) is 4.24. The van der Waals surface area contributed by atoms with Gasteiger partial charge in [-0.1, -0.05) is 28.9 Å². The summed E-state index contributed by atoms with van der Waals surface area (Å²) in [5.41, 5.74) is 2.70. The normalized spacial score (nSPS) is 23.1. The van der Waals surface area contributed by atoms with Crippen LogP contribution in [0, 0.1) is 4.91 Å². The van der Waals surface area contributed by atoms with Gasteiger partial charge in [0.1, 0.15) is 25.5 Å². The third-order valence-corrected chi connectivity index (χ3v) is 5.83. The zero-order valence-corrected chi connectivity index (χ0v) is 17.4. The third kappa shape index (κ3) is 4.38. The number of fused-ring (bicyclic) bond motifs is 1. The number of nitrogens with zero attached hydrogens (tertiary/aromatic N) is 1. The Morgan fingerprint density at radius 3 is 2.60 bits per heavy atom. The molecule has 0 amide bonds. The minimum atomic E-state index is -0.587.